The van der Waals surface area contributed by atoms with E-state index in [1.807, 2.05) is 4.90 Å². The van der Waals surface area contributed by atoms with Crippen LogP contribution in [0, 0.1) is 5.82 Å². The largest absolute Gasteiger partial charge is 0.379 e. The standard InChI is InChI=1S/C23H26FN3O5S/c24-19-4-1-18(2-5-19)3-8-23(28)25-21-17-20(33(29,30)27-11-15-32-16-12-27)6-7-22(21)26-9-13-31-14-10-26/h1-8,17H,9-16H2,(H,25,28)/b8-3+. The monoisotopic (exact) mass is 475 g/mol. The lowest BCUT2D eigenvalue weighted by molar-refractivity contribution is -0.111. The molecule has 2 aliphatic rings. The van der Waals surface area contributed by atoms with Crippen LogP contribution in [0.4, 0.5) is 15.8 Å². The van der Waals surface area contributed by atoms with Gasteiger partial charge in [0.1, 0.15) is 5.82 Å². The second kappa shape index (κ2) is 10.4. The summed E-state index contributed by atoms with van der Waals surface area (Å²) < 4.78 is 51.4. The Morgan fingerprint density at radius 1 is 0.939 bits per heavy atom. The molecule has 1 amide bonds. The van der Waals surface area contributed by atoms with Gasteiger partial charge < -0.3 is 19.7 Å². The predicted molar refractivity (Wildman–Crippen MR) is 123 cm³/mol. The van der Waals surface area contributed by atoms with Crippen LogP contribution in [0.25, 0.3) is 6.08 Å². The van der Waals surface area contributed by atoms with Crippen LogP contribution in [-0.4, -0.2) is 71.2 Å². The molecule has 10 heteroatoms. The molecule has 0 atom stereocenters. The van der Waals surface area contributed by atoms with E-state index in [-0.39, 0.29) is 23.8 Å². The van der Waals surface area contributed by atoms with Crippen LogP contribution in [-0.2, 0) is 24.3 Å². The molecule has 0 unspecified atom stereocenters. The van der Waals surface area contributed by atoms with Gasteiger partial charge in [-0.25, -0.2) is 12.8 Å². The molecular weight excluding hydrogens is 449 g/mol. The zero-order valence-electron chi connectivity index (χ0n) is 18.1. The molecule has 0 aromatic heterocycles. The fourth-order valence-electron chi connectivity index (χ4n) is 3.71. The van der Waals surface area contributed by atoms with Gasteiger partial charge in [0.25, 0.3) is 0 Å². The molecule has 2 aromatic carbocycles. The molecule has 2 fully saturated rings. The van der Waals surface area contributed by atoms with Crippen molar-refractivity contribution in [1.29, 1.82) is 0 Å². The summed E-state index contributed by atoms with van der Waals surface area (Å²) in [5.41, 5.74) is 1.80. The number of benzene rings is 2. The van der Waals surface area contributed by atoms with E-state index >= 15 is 0 Å². The number of nitrogens with one attached hydrogen (secondary N) is 1. The third kappa shape index (κ3) is 5.77. The van der Waals surface area contributed by atoms with Gasteiger partial charge in [-0.15, -0.1) is 0 Å². The van der Waals surface area contributed by atoms with E-state index in [1.165, 1.54) is 28.6 Å². The van der Waals surface area contributed by atoms with Crippen molar-refractivity contribution < 1.29 is 27.1 Å². The summed E-state index contributed by atoms with van der Waals surface area (Å²) in [6.07, 6.45) is 2.90. The van der Waals surface area contributed by atoms with Crippen molar-refractivity contribution in [2.75, 3.05) is 62.8 Å². The van der Waals surface area contributed by atoms with Crippen molar-refractivity contribution in [3.8, 4) is 0 Å². The van der Waals surface area contributed by atoms with Crippen LogP contribution >= 0.6 is 0 Å². The lowest BCUT2D eigenvalue weighted by Crippen LogP contribution is -2.40. The first-order chi connectivity index (χ1) is 15.9. The molecule has 4 rings (SSSR count). The smallest absolute Gasteiger partial charge is 0.248 e. The highest BCUT2D eigenvalue weighted by Gasteiger charge is 2.28. The average Bonchev–Trinajstić information content (AvgIpc) is 2.85. The topological polar surface area (TPSA) is 88.2 Å². The van der Waals surface area contributed by atoms with Gasteiger partial charge in [0.05, 0.1) is 42.7 Å². The summed E-state index contributed by atoms with van der Waals surface area (Å²) in [6, 6.07) is 10.5. The zero-order valence-corrected chi connectivity index (χ0v) is 18.9. The molecule has 0 radical (unpaired) electrons. The molecule has 0 spiro atoms. The molecule has 2 aromatic rings. The predicted octanol–water partition coefficient (Wildman–Crippen LogP) is 2.34. The third-order valence-corrected chi connectivity index (χ3v) is 7.38. The molecule has 2 saturated heterocycles. The molecule has 1 N–H and O–H groups in total. The first kappa shape index (κ1) is 23.4. The average molecular weight is 476 g/mol. The lowest BCUT2D eigenvalue weighted by Gasteiger charge is -2.31. The molecule has 33 heavy (non-hydrogen) atoms. The Morgan fingerprint density at radius 3 is 2.24 bits per heavy atom. The van der Waals surface area contributed by atoms with Gasteiger partial charge in [0, 0.05) is 32.3 Å². The van der Waals surface area contributed by atoms with Crippen LogP contribution < -0.4 is 10.2 Å². The number of carbonyl (C=O) groups is 1. The van der Waals surface area contributed by atoms with Crippen molar-refractivity contribution in [3.63, 3.8) is 0 Å². The Bertz CT molecular complexity index is 1110. The van der Waals surface area contributed by atoms with Gasteiger partial charge in [0.2, 0.25) is 15.9 Å². The van der Waals surface area contributed by atoms with Crippen molar-refractivity contribution >= 4 is 33.4 Å². The van der Waals surface area contributed by atoms with Crippen LogP contribution in [0.1, 0.15) is 5.56 Å². The number of ether oxygens (including phenoxy) is 2. The number of sulfonamides is 1. The van der Waals surface area contributed by atoms with Gasteiger partial charge in [-0.3, -0.25) is 4.79 Å². The molecule has 0 saturated carbocycles. The van der Waals surface area contributed by atoms with Crippen LogP contribution in [0.2, 0.25) is 0 Å². The maximum absolute atomic E-state index is 13.1. The highest BCUT2D eigenvalue weighted by atomic mass is 32.2. The molecule has 8 nitrogen and oxygen atoms in total. The lowest BCUT2D eigenvalue weighted by atomic mass is 10.2. The van der Waals surface area contributed by atoms with E-state index in [0.717, 1.165) is 5.69 Å². The summed E-state index contributed by atoms with van der Waals surface area (Å²) in [7, 11) is -3.72. The Labute approximate surface area is 192 Å². The summed E-state index contributed by atoms with van der Waals surface area (Å²) in [5, 5.41) is 2.81. The highest BCUT2D eigenvalue weighted by Crippen LogP contribution is 2.31. The normalized spacial score (nSPS) is 17.9. The molecule has 0 aliphatic carbocycles. The van der Waals surface area contributed by atoms with Gasteiger partial charge in [-0.05, 0) is 42.0 Å². The summed E-state index contributed by atoms with van der Waals surface area (Å²) in [6.45, 7) is 3.63. The van der Waals surface area contributed by atoms with Gasteiger partial charge >= 0.3 is 0 Å². The summed E-state index contributed by atoms with van der Waals surface area (Å²) in [5.74, 6) is -0.778. The van der Waals surface area contributed by atoms with Gasteiger partial charge in [0.15, 0.2) is 0 Å². The Morgan fingerprint density at radius 2 is 1.58 bits per heavy atom. The summed E-state index contributed by atoms with van der Waals surface area (Å²) in [4.78, 5) is 14.8. The van der Waals surface area contributed by atoms with Gasteiger partial charge in [-0.1, -0.05) is 12.1 Å². The number of hydrogen-bond donors (Lipinski definition) is 1. The molecule has 0 bridgehead atoms. The van der Waals surface area contributed by atoms with Crippen molar-refractivity contribution in [3.05, 3.63) is 59.9 Å². The maximum Gasteiger partial charge on any atom is 0.248 e. The van der Waals surface area contributed by atoms with Crippen LogP contribution in [0.3, 0.4) is 0 Å². The first-order valence-electron chi connectivity index (χ1n) is 10.7. The molecule has 2 aliphatic heterocycles. The number of carbonyl (C=O) groups excluding carboxylic acids is 1. The fourth-order valence-corrected chi connectivity index (χ4v) is 5.15. The Balaban J connectivity index is 1.60. The van der Waals surface area contributed by atoms with Crippen molar-refractivity contribution in [1.82, 2.24) is 4.31 Å². The minimum atomic E-state index is -3.72. The van der Waals surface area contributed by atoms with E-state index in [2.05, 4.69) is 5.32 Å². The maximum atomic E-state index is 13.1. The first-order valence-corrected chi connectivity index (χ1v) is 12.2. The molecule has 176 valence electrons. The van der Waals surface area contributed by atoms with Crippen LogP contribution in [0.15, 0.2) is 53.4 Å². The number of rotatable bonds is 6. The Hall–Kier alpha value is -2.79. The quantitative estimate of drug-likeness (QED) is 0.646. The summed E-state index contributed by atoms with van der Waals surface area (Å²) >= 11 is 0. The van der Waals surface area contributed by atoms with E-state index < -0.39 is 15.9 Å². The number of anilines is 2. The van der Waals surface area contributed by atoms with Crippen molar-refractivity contribution in [2.45, 2.75) is 4.90 Å². The number of morpholine rings is 2. The van der Waals surface area contributed by atoms with E-state index in [0.29, 0.717) is 50.8 Å². The van der Waals surface area contributed by atoms with Crippen molar-refractivity contribution in [2.24, 2.45) is 0 Å². The number of nitrogens with zero attached hydrogens (tertiary/aromatic N) is 2. The number of halogens is 1. The molecular formula is C23H26FN3O5S. The van der Waals surface area contributed by atoms with E-state index in [9.17, 15) is 17.6 Å². The molecule has 2 heterocycles. The highest BCUT2D eigenvalue weighted by molar-refractivity contribution is 7.89. The third-order valence-electron chi connectivity index (χ3n) is 5.48. The Kier molecular flexibility index (Phi) is 7.39. The number of amides is 1. The van der Waals surface area contributed by atoms with E-state index in [4.69, 9.17) is 9.47 Å². The second-order valence-corrected chi connectivity index (χ2v) is 9.61. The second-order valence-electron chi connectivity index (χ2n) is 7.67. The van der Waals surface area contributed by atoms with E-state index in [1.54, 1.807) is 30.3 Å². The minimum absolute atomic E-state index is 0.110. The zero-order chi connectivity index (χ0) is 23.3. The number of hydrogen-bond acceptors (Lipinski definition) is 6. The minimum Gasteiger partial charge on any atom is -0.379 e. The SMILES string of the molecule is O=C(/C=C/c1ccc(F)cc1)Nc1cc(S(=O)(=O)N2CCOCC2)ccc1N1CCOCC1. The fraction of sp³-hybridized carbons (Fsp3) is 0.348. The van der Waals surface area contributed by atoms with Gasteiger partial charge in [-0.2, -0.15) is 4.31 Å². The van der Waals surface area contributed by atoms with Crippen LogP contribution in [0.5, 0.6) is 0 Å².